The molecule has 4 aromatic rings. The highest BCUT2D eigenvalue weighted by molar-refractivity contribution is 7.92. The molecule has 0 amide bonds. The molecular weight excluding hydrogens is 383 g/mol. The molecule has 1 N–H and O–H groups in total. The van der Waals surface area contributed by atoms with Crippen LogP contribution in [-0.2, 0) is 10.0 Å². The number of rotatable bonds is 5. The Morgan fingerprint density at radius 1 is 0.929 bits per heavy atom. The van der Waals surface area contributed by atoms with Gasteiger partial charge in [-0.1, -0.05) is 11.2 Å². The van der Waals surface area contributed by atoms with Gasteiger partial charge in [0.25, 0.3) is 15.9 Å². The van der Waals surface area contributed by atoms with Gasteiger partial charge in [0.1, 0.15) is 11.5 Å². The fourth-order valence-electron chi connectivity index (χ4n) is 2.45. The Balaban J connectivity index is 1.53. The van der Waals surface area contributed by atoms with Crippen LogP contribution < -0.4 is 4.72 Å². The van der Waals surface area contributed by atoms with E-state index in [1.807, 2.05) is 6.07 Å². The topological polar surface area (TPSA) is 98.0 Å². The molecule has 0 saturated heterocycles. The first kappa shape index (κ1) is 17.8. The van der Waals surface area contributed by atoms with Gasteiger partial charge in [-0.3, -0.25) is 9.71 Å². The number of nitrogens with zero attached hydrogens (tertiary/aromatic N) is 3. The second-order valence-corrected chi connectivity index (χ2v) is 7.46. The van der Waals surface area contributed by atoms with Crippen LogP contribution in [0.5, 0.6) is 0 Å². The van der Waals surface area contributed by atoms with Gasteiger partial charge in [0.05, 0.1) is 4.90 Å². The number of nitrogens with one attached hydrogen (secondary N) is 1. The molecule has 7 nitrogen and oxygen atoms in total. The lowest BCUT2D eigenvalue weighted by Crippen LogP contribution is -2.12. The van der Waals surface area contributed by atoms with E-state index in [1.165, 1.54) is 12.1 Å². The molecule has 2 aromatic heterocycles. The van der Waals surface area contributed by atoms with E-state index in [9.17, 15) is 12.8 Å². The predicted octanol–water partition coefficient (Wildman–Crippen LogP) is 3.74. The van der Waals surface area contributed by atoms with Crippen molar-refractivity contribution in [3.05, 3.63) is 78.7 Å². The van der Waals surface area contributed by atoms with Crippen LogP contribution in [-0.4, -0.2) is 23.5 Å². The number of benzene rings is 2. The highest BCUT2D eigenvalue weighted by Gasteiger charge is 2.15. The van der Waals surface area contributed by atoms with Gasteiger partial charge in [-0.25, -0.2) is 12.8 Å². The van der Waals surface area contributed by atoms with Crippen LogP contribution in [0.1, 0.15) is 0 Å². The van der Waals surface area contributed by atoms with Crippen LogP contribution in [0, 0.1) is 5.82 Å². The molecule has 0 fully saturated rings. The van der Waals surface area contributed by atoms with Crippen molar-refractivity contribution in [1.82, 2.24) is 15.1 Å². The number of hydrogen-bond donors (Lipinski definition) is 1. The summed E-state index contributed by atoms with van der Waals surface area (Å²) in [5.41, 5.74) is 1.56. The lowest BCUT2D eigenvalue weighted by molar-refractivity contribution is 0.431. The lowest BCUT2D eigenvalue weighted by atomic mass is 10.2. The first-order valence-corrected chi connectivity index (χ1v) is 9.63. The normalized spacial score (nSPS) is 11.3. The third kappa shape index (κ3) is 3.74. The third-order valence-electron chi connectivity index (χ3n) is 3.83. The zero-order valence-electron chi connectivity index (χ0n) is 14.3. The van der Waals surface area contributed by atoms with E-state index in [-0.39, 0.29) is 10.8 Å². The summed E-state index contributed by atoms with van der Waals surface area (Å²) in [4.78, 5) is 8.41. The number of pyridine rings is 1. The smallest absolute Gasteiger partial charge is 0.276 e. The second kappa shape index (κ2) is 7.20. The van der Waals surface area contributed by atoms with Gasteiger partial charge in [0, 0.05) is 17.4 Å². The average molecular weight is 396 g/mol. The van der Waals surface area contributed by atoms with Gasteiger partial charge in [-0.05, 0) is 60.7 Å². The largest absolute Gasteiger partial charge is 0.332 e. The molecule has 0 spiro atoms. The molecule has 0 atom stereocenters. The molecule has 28 heavy (non-hydrogen) atoms. The van der Waals surface area contributed by atoms with E-state index >= 15 is 0 Å². The molecular formula is C19H13FN4O3S. The van der Waals surface area contributed by atoms with E-state index in [2.05, 4.69) is 19.8 Å². The Hall–Kier alpha value is -3.59. The highest BCUT2D eigenvalue weighted by Crippen LogP contribution is 2.23. The number of halogens is 1. The minimum absolute atomic E-state index is 0.0313. The maximum atomic E-state index is 13.0. The molecule has 2 aromatic carbocycles. The van der Waals surface area contributed by atoms with E-state index < -0.39 is 15.8 Å². The van der Waals surface area contributed by atoms with E-state index in [0.717, 1.165) is 12.1 Å². The maximum Gasteiger partial charge on any atom is 0.276 e. The Bertz CT molecular complexity index is 1190. The van der Waals surface area contributed by atoms with Crippen molar-refractivity contribution < 1.29 is 17.3 Å². The van der Waals surface area contributed by atoms with Crippen molar-refractivity contribution in [3.63, 3.8) is 0 Å². The zero-order valence-corrected chi connectivity index (χ0v) is 15.1. The fraction of sp³-hybridized carbons (Fsp3) is 0. The summed E-state index contributed by atoms with van der Waals surface area (Å²) in [6.45, 7) is 0. The summed E-state index contributed by atoms with van der Waals surface area (Å²) >= 11 is 0. The Kier molecular flexibility index (Phi) is 4.58. The van der Waals surface area contributed by atoms with Gasteiger partial charge < -0.3 is 4.52 Å². The Labute approximate surface area is 159 Å². The van der Waals surface area contributed by atoms with Crippen molar-refractivity contribution in [2.45, 2.75) is 4.90 Å². The third-order valence-corrected chi connectivity index (χ3v) is 5.23. The van der Waals surface area contributed by atoms with Crippen LogP contribution in [0.3, 0.4) is 0 Å². The molecule has 0 aliphatic carbocycles. The standard InChI is InChI=1S/C19H13FN4O3S/c20-14-6-10-16(11-7-14)28(25,26)24-15-8-4-13(5-9-15)18-22-19(27-23-18)17-3-1-2-12-21-17/h1-12,24H. The number of aromatic nitrogens is 3. The summed E-state index contributed by atoms with van der Waals surface area (Å²) in [6.07, 6.45) is 1.63. The summed E-state index contributed by atoms with van der Waals surface area (Å²) < 4.78 is 45.3. The molecule has 0 unspecified atom stereocenters. The van der Waals surface area contributed by atoms with Gasteiger partial charge in [0.2, 0.25) is 5.82 Å². The molecule has 2 heterocycles. The first-order chi connectivity index (χ1) is 13.5. The van der Waals surface area contributed by atoms with Crippen LogP contribution in [0.4, 0.5) is 10.1 Å². The molecule has 140 valence electrons. The van der Waals surface area contributed by atoms with Gasteiger partial charge in [0.15, 0.2) is 0 Å². The van der Waals surface area contributed by atoms with Crippen LogP contribution in [0.2, 0.25) is 0 Å². The average Bonchev–Trinajstić information content (AvgIpc) is 3.19. The van der Waals surface area contributed by atoms with Crippen molar-refractivity contribution in [2.75, 3.05) is 4.72 Å². The monoisotopic (exact) mass is 396 g/mol. The summed E-state index contributed by atoms with van der Waals surface area (Å²) in [5.74, 6) is 0.138. The number of hydrogen-bond acceptors (Lipinski definition) is 6. The van der Waals surface area contributed by atoms with Crippen LogP contribution in [0.25, 0.3) is 23.0 Å². The molecule has 0 aliphatic heterocycles. The van der Waals surface area contributed by atoms with Crippen molar-refractivity contribution in [3.8, 4) is 23.0 Å². The molecule has 0 saturated carbocycles. The van der Waals surface area contributed by atoms with Gasteiger partial charge in [-0.15, -0.1) is 0 Å². The summed E-state index contributed by atoms with van der Waals surface area (Å²) in [5, 5.41) is 3.92. The van der Waals surface area contributed by atoms with Crippen molar-refractivity contribution in [1.29, 1.82) is 0 Å². The number of anilines is 1. The minimum atomic E-state index is -3.81. The minimum Gasteiger partial charge on any atom is -0.332 e. The fourth-order valence-corrected chi connectivity index (χ4v) is 3.51. The quantitative estimate of drug-likeness (QED) is 0.552. The van der Waals surface area contributed by atoms with E-state index in [4.69, 9.17) is 4.52 Å². The summed E-state index contributed by atoms with van der Waals surface area (Å²) in [6, 6.07) is 16.4. The van der Waals surface area contributed by atoms with Crippen molar-refractivity contribution >= 4 is 15.7 Å². The molecule has 0 radical (unpaired) electrons. The van der Waals surface area contributed by atoms with Crippen LogP contribution >= 0.6 is 0 Å². The first-order valence-electron chi connectivity index (χ1n) is 8.15. The molecule has 9 heteroatoms. The molecule has 0 aliphatic rings. The number of sulfonamides is 1. The zero-order chi connectivity index (χ0) is 19.6. The lowest BCUT2D eigenvalue weighted by Gasteiger charge is -2.08. The van der Waals surface area contributed by atoms with E-state index in [0.29, 0.717) is 22.8 Å². The molecule has 4 rings (SSSR count). The van der Waals surface area contributed by atoms with Gasteiger partial charge >= 0.3 is 0 Å². The highest BCUT2D eigenvalue weighted by atomic mass is 32.2. The maximum absolute atomic E-state index is 13.0. The predicted molar refractivity (Wildman–Crippen MR) is 100 cm³/mol. The van der Waals surface area contributed by atoms with Crippen molar-refractivity contribution in [2.24, 2.45) is 0 Å². The Morgan fingerprint density at radius 2 is 1.68 bits per heavy atom. The van der Waals surface area contributed by atoms with E-state index in [1.54, 1.807) is 42.6 Å². The summed E-state index contributed by atoms with van der Waals surface area (Å²) in [7, 11) is -3.81. The Morgan fingerprint density at radius 3 is 2.36 bits per heavy atom. The second-order valence-electron chi connectivity index (χ2n) is 5.77. The van der Waals surface area contributed by atoms with Crippen LogP contribution in [0.15, 0.2) is 82.3 Å². The molecule has 0 bridgehead atoms. The van der Waals surface area contributed by atoms with Gasteiger partial charge in [-0.2, -0.15) is 4.98 Å². The SMILES string of the molecule is O=S(=O)(Nc1ccc(-c2noc(-c3ccccn3)n2)cc1)c1ccc(F)cc1.